The minimum absolute atomic E-state index is 0.174. The molecule has 0 fully saturated rings. The summed E-state index contributed by atoms with van der Waals surface area (Å²) in [4.78, 5) is 26.3. The van der Waals surface area contributed by atoms with Crippen LogP contribution in [0.1, 0.15) is 58.4 Å². The Morgan fingerprint density at radius 3 is 2.67 bits per heavy atom. The number of alkyl halides is 1. The maximum Gasteiger partial charge on any atom is 0.254 e. The van der Waals surface area contributed by atoms with E-state index in [1.165, 1.54) is 0 Å². The molecule has 1 rings (SSSR count). The zero-order valence-corrected chi connectivity index (χ0v) is 17.2. The molecule has 0 aliphatic rings. The summed E-state index contributed by atoms with van der Waals surface area (Å²) in [5.41, 5.74) is 2.67. The van der Waals surface area contributed by atoms with Gasteiger partial charge in [-0.1, -0.05) is 31.2 Å². The van der Waals surface area contributed by atoms with Crippen molar-refractivity contribution in [1.82, 2.24) is 10.2 Å². The van der Waals surface area contributed by atoms with Gasteiger partial charge in [-0.15, -0.1) is 18.2 Å². The van der Waals surface area contributed by atoms with Crippen molar-refractivity contribution in [2.75, 3.05) is 20.0 Å². The highest BCUT2D eigenvalue weighted by Gasteiger charge is 2.24. The zero-order chi connectivity index (χ0) is 20.2. The van der Waals surface area contributed by atoms with Crippen molar-refractivity contribution >= 4 is 23.8 Å². The number of carbonyl (C=O) groups is 2. The largest absolute Gasteiger partial charge is 0.390 e. The summed E-state index contributed by atoms with van der Waals surface area (Å²) in [7, 11) is 3.54. The number of benzene rings is 1. The average molecular weight is 391 g/mol. The van der Waals surface area contributed by atoms with Crippen LogP contribution in [-0.4, -0.2) is 43.1 Å². The number of amides is 1. The number of hydrogen-bond donors (Lipinski definition) is 1. The van der Waals surface area contributed by atoms with Gasteiger partial charge >= 0.3 is 0 Å². The maximum absolute atomic E-state index is 13.1. The molecule has 4 nitrogen and oxygen atoms in total. The Hall–Kier alpha value is -2.07. The van der Waals surface area contributed by atoms with E-state index in [1.54, 1.807) is 25.1 Å². The number of aldehydes is 1. The minimum Gasteiger partial charge on any atom is -0.390 e. The van der Waals surface area contributed by atoms with Crippen LogP contribution in [0.4, 0.5) is 0 Å². The van der Waals surface area contributed by atoms with E-state index in [4.69, 9.17) is 11.6 Å². The molecular formula is C22H31ClN2O2. The molecule has 1 atom stereocenters. The number of likely N-dealkylation sites (N-methyl/N-ethyl adjacent to an activating group) is 2. The molecule has 0 heterocycles. The van der Waals surface area contributed by atoms with E-state index in [2.05, 4.69) is 18.5 Å². The van der Waals surface area contributed by atoms with Gasteiger partial charge in [0.25, 0.3) is 5.91 Å². The van der Waals surface area contributed by atoms with Gasteiger partial charge in [0.05, 0.1) is 11.6 Å². The van der Waals surface area contributed by atoms with Gasteiger partial charge in [0.2, 0.25) is 0 Å². The van der Waals surface area contributed by atoms with E-state index in [-0.39, 0.29) is 11.9 Å². The molecule has 27 heavy (non-hydrogen) atoms. The highest BCUT2D eigenvalue weighted by molar-refractivity contribution is 6.17. The first-order valence-corrected chi connectivity index (χ1v) is 9.92. The van der Waals surface area contributed by atoms with Gasteiger partial charge in [-0.25, -0.2) is 0 Å². The molecule has 1 aromatic carbocycles. The number of allylic oxidation sites excluding steroid dienone is 1. The second kappa shape index (κ2) is 12.3. The number of halogens is 1. The van der Waals surface area contributed by atoms with E-state index in [0.717, 1.165) is 56.1 Å². The van der Waals surface area contributed by atoms with Gasteiger partial charge in [0.1, 0.15) is 0 Å². The van der Waals surface area contributed by atoms with Crippen LogP contribution in [-0.2, 0) is 6.42 Å². The Kier molecular flexibility index (Phi) is 10.5. The summed E-state index contributed by atoms with van der Waals surface area (Å²) >= 11 is 5.72. The monoisotopic (exact) mass is 390 g/mol. The predicted molar refractivity (Wildman–Crippen MR) is 114 cm³/mol. The lowest BCUT2D eigenvalue weighted by atomic mass is 9.98. The average Bonchev–Trinajstić information content (AvgIpc) is 2.70. The molecule has 0 saturated heterocycles. The Morgan fingerprint density at radius 2 is 2.07 bits per heavy atom. The molecule has 5 heteroatoms. The second-order valence-corrected chi connectivity index (χ2v) is 6.99. The third-order valence-electron chi connectivity index (χ3n) is 4.73. The van der Waals surface area contributed by atoms with Gasteiger partial charge in [-0.2, -0.15) is 0 Å². The molecule has 1 aromatic rings. The summed E-state index contributed by atoms with van der Waals surface area (Å²) < 4.78 is 0. The van der Waals surface area contributed by atoms with Crippen molar-refractivity contribution in [2.24, 2.45) is 0 Å². The Morgan fingerprint density at radius 1 is 1.33 bits per heavy atom. The molecule has 0 spiro atoms. The van der Waals surface area contributed by atoms with E-state index >= 15 is 0 Å². The van der Waals surface area contributed by atoms with E-state index in [1.807, 2.05) is 18.2 Å². The number of unbranched alkanes of at least 4 members (excludes halogenated alkanes) is 2. The van der Waals surface area contributed by atoms with Crippen LogP contribution >= 0.6 is 11.6 Å². The smallest absolute Gasteiger partial charge is 0.254 e. The zero-order valence-electron chi connectivity index (χ0n) is 16.5. The first kappa shape index (κ1) is 23.0. The van der Waals surface area contributed by atoms with Crippen molar-refractivity contribution in [3.63, 3.8) is 0 Å². The van der Waals surface area contributed by atoms with E-state index in [9.17, 15) is 9.59 Å². The van der Waals surface area contributed by atoms with Crippen molar-refractivity contribution < 1.29 is 9.59 Å². The lowest BCUT2D eigenvalue weighted by Crippen LogP contribution is -2.41. The molecule has 0 aliphatic heterocycles. The van der Waals surface area contributed by atoms with Gasteiger partial charge in [0.15, 0.2) is 6.29 Å². The molecule has 0 aromatic heterocycles. The standard InChI is InChI=1S/C22H31ClN2O2/c1-5-6-11-21(17(2)24-3)25(4)22(27)20-15-18(10-8-7-9-14-23)12-13-19(20)16-26/h5,12-13,15-16,21,24H,1-2,6-11,14H2,3-4H3. The van der Waals surface area contributed by atoms with Gasteiger partial charge in [-0.3, -0.25) is 9.59 Å². The number of rotatable bonds is 13. The lowest BCUT2D eigenvalue weighted by molar-refractivity contribution is 0.0742. The van der Waals surface area contributed by atoms with Crippen LogP contribution in [0.5, 0.6) is 0 Å². The van der Waals surface area contributed by atoms with Crippen LogP contribution in [0, 0.1) is 0 Å². The highest BCUT2D eigenvalue weighted by atomic mass is 35.5. The number of nitrogens with zero attached hydrogens (tertiary/aromatic N) is 1. The van der Waals surface area contributed by atoms with E-state index < -0.39 is 0 Å². The topological polar surface area (TPSA) is 49.4 Å². The summed E-state index contributed by atoms with van der Waals surface area (Å²) in [5, 5.41) is 3.04. The predicted octanol–water partition coefficient (Wildman–Crippen LogP) is 4.59. The van der Waals surface area contributed by atoms with Crippen LogP contribution in [0.3, 0.4) is 0 Å². The molecule has 0 radical (unpaired) electrons. The SMILES string of the molecule is C=CCCC(C(=C)NC)N(C)C(=O)c1cc(CCCCCCl)ccc1C=O. The fourth-order valence-corrected chi connectivity index (χ4v) is 3.21. The van der Waals surface area contributed by atoms with Crippen LogP contribution in [0.2, 0.25) is 0 Å². The van der Waals surface area contributed by atoms with Gasteiger partial charge < -0.3 is 10.2 Å². The van der Waals surface area contributed by atoms with Crippen LogP contribution < -0.4 is 5.32 Å². The first-order chi connectivity index (χ1) is 13.0. The van der Waals surface area contributed by atoms with Crippen LogP contribution in [0.15, 0.2) is 43.1 Å². The molecule has 0 saturated carbocycles. The number of nitrogens with one attached hydrogen (secondary N) is 1. The Balaban J connectivity index is 3.04. The Labute approximate surface area is 168 Å². The van der Waals surface area contributed by atoms with Gasteiger partial charge in [0, 0.05) is 31.2 Å². The summed E-state index contributed by atoms with van der Waals surface area (Å²) in [6.45, 7) is 7.77. The summed E-state index contributed by atoms with van der Waals surface area (Å²) in [5.74, 6) is 0.491. The van der Waals surface area contributed by atoms with Crippen molar-refractivity contribution in [1.29, 1.82) is 0 Å². The summed E-state index contributed by atoms with van der Waals surface area (Å²) in [6.07, 6.45) is 7.96. The third-order valence-corrected chi connectivity index (χ3v) is 5.00. The number of carbonyl (C=O) groups excluding carboxylic acids is 2. The lowest BCUT2D eigenvalue weighted by Gasteiger charge is -2.30. The molecule has 1 amide bonds. The normalized spacial score (nSPS) is 11.5. The highest BCUT2D eigenvalue weighted by Crippen LogP contribution is 2.19. The number of aryl methyl sites for hydroxylation is 1. The molecule has 148 valence electrons. The molecule has 1 N–H and O–H groups in total. The summed E-state index contributed by atoms with van der Waals surface area (Å²) in [6, 6.07) is 5.32. The fraction of sp³-hybridized carbons (Fsp3) is 0.455. The molecule has 0 aliphatic carbocycles. The van der Waals surface area contributed by atoms with Gasteiger partial charge in [-0.05, 0) is 43.7 Å². The fourth-order valence-electron chi connectivity index (χ4n) is 3.02. The quantitative estimate of drug-likeness (QED) is 0.232. The second-order valence-electron chi connectivity index (χ2n) is 6.61. The molecule has 1 unspecified atom stereocenters. The third kappa shape index (κ3) is 6.87. The van der Waals surface area contributed by atoms with E-state index in [0.29, 0.717) is 17.0 Å². The van der Waals surface area contributed by atoms with Crippen molar-refractivity contribution in [3.05, 3.63) is 59.8 Å². The first-order valence-electron chi connectivity index (χ1n) is 9.38. The minimum atomic E-state index is -0.176. The number of hydrogen-bond acceptors (Lipinski definition) is 3. The maximum atomic E-state index is 13.1. The van der Waals surface area contributed by atoms with Crippen LogP contribution in [0.25, 0.3) is 0 Å². The Bertz CT molecular complexity index is 658. The molecule has 0 bridgehead atoms. The van der Waals surface area contributed by atoms with Crippen molar-refractivity contribution in [2.45, 2.75) is 44.6 Å². The van der Waals surface area contributed by atoms with Crippen molar-refractivity contribution in [3.8, 4) is 0 Å². The molecular weight excluding hydrogens is 360 g/mol.